The van der Waals surface area contributed by atoms with Gasteiger partial charge in [-0.15, -0.1) is 10.2 Å². The molecule has 0 aliphatic carbocycles. The third-order valence-electron chi connectivity index (χ3n) is 5.28. The van der Waals surface area contributed by atoms with E-state index in [0.29, 0.717) is 22.8 Å². The maximum atomic E-state index is 13.1. The van der Waals surface area contributed by atoms with Crippen LogP contribution in [0.4, 0.5) is 14.6 Å². The first-order valence-electron chi connectivity index (χ1n) is 9.58. The first-order valence-corrected chi connectivity index (χ1v) is 9.58. The SMILES string of the molecule is COc1cc(C(F)F)ccc1-c1nnc(N[C@@H]2CCCN(C)C2)c2cnccc12. The fourth-order valence-electron chi connectivity index (χ4n) is 3.82. The molecular weight excluding hydrogens is 376 g/mol. The molecular formula is C21H23F2N5O. The molecule has 0 spiro atoms. The number of methoxy groups -OCH3 is 1. The highest BCUT2D eigenvalue weighted by atomic mass is 19.3. The van der Waals surface area contributed by atoms with Crippen LogP contribution in [0.5, 0.6) is 5.75 Å². The minimum Gasteiger partial charge on any atom is -0.496 e. The van der Waals surface area contributed by atoms with Gasteiger partial charge >= 0.3 is 0 Å². The van der Waals surface area contributed by atoms with Gasteiger partial charge in [0.05, 0.1) is 7.11 Å². The van der Waals surface area contributed by atoms with Crippen molar-refractivity contribution >= 4 is 16.6 Å². The summed E-state index contributed by atoms with van der Waals surface area (Å²) in [5, 5.41) is 14.0. The van der Waals surface area contributed by atoms with Gasteiger partial charge in [0.1, 0.15) is 11.4 Å². The van der Waals surface area contributed by atoms with E-state index in [1.807, 2.05) is 6.07 Å². The Labute approximate surface area is 167 Å². The molecule has 1 aliphatic heterocycles. The maximum Gasteiger partial charge on any atom is 0.263 e. The molecule has 0 radical (unpaired) electrons. The highest BCUT2D eigenvalue weighted by molar-refractivity contribution is 6.00. The summed E-state index contributed by atoms with van der Waals surface area (Å²) >= 11 is 0. The normalized spacial score (nSPS) is 17.6. The van der Waals surface area contributed by atoms with Crippen LogP contribution < -0.4 is 10.1 Å². The van der Waals surface area contributed by atoms with Crippen LogP contribution in [0.15, 0.2) is 36.7 Å². The monoisotopic (exact) mass is 399 g/mol. The van der Waals surface area contributed by atoms with Crippen LogP contribution in [0.3, 0.4) is 0 Å². The molecule has 8 heteroatoms. The minimum atomic E-state index is -2.56. The van der Waals surface area contributed by atoms with Crippen LogP contribution in [0.2, 0.25) is 0 Å². The molecule has 1 aromatic carbocycles. The van der Waals surface area contributed by atoms with Gasteiger partial charge < -0.3 is 15.0 Å². The van der Waals surface area contributed by atoms with Crippen molar-refractivity contribution in [1.29, 1.82) is 0 Å². The van der Waals surface area contributed by atoms with Crippen molar-refractivity contribution in [2.24, 2.45) is 0 Å². The van der Waals surface area contributed by atoms with Crippen molar-refractivity contribution in [3.8, 4) is 17.0 Å². The van der Waals surface area contributed by atoms with E-state index in [1.54, 1.807) is 18.5 Å². The van der Waals surface area contributed by atoms with Gasteiger partial charge in [-0.3, -0.25) is 4.98 Å². The van der Waals surface area contributed by atoms with Gasteiger partial charge in [-0.1, -0.05) is 6.07 Å². The molecule has 6 nitrogen and oxygen atoms in total. The van der Waals surface area contributed by atoms with Crippen molar-refractivity contribution in [3.63, 3.8) is 0 Å². The Morgan fingerprint density at radius 3 is 2.83 bits per heavy atom. The molecule has 1 saturated heterocycles. The zero-order valence-electron chi connectivity index (χ0n) is 16.4. The zero-order chi connectivity index (χ0) is 20.4. The number of benzene rings is 1. The van der Waals surface area contributed by atoms with Gasteiger partial charge in [0.15, 0.2) is 5.82 Å². The van der Waals surface area contributed by atoms with E-state index in [-0.39, 0.29) is 11.6 Å². The predicted molar refractivity (Wildman–Crippen MR) is 108 cm³/mol. The Bertz CT molecular complexity index is 1010. The molecule has 1 atom stereocenters. The second-order valence-corrected chi connectivity index (χ2v) is 7.32. The zero-order valence-corrected chi connectivity index (χ0v) is 16.4. The Morgan fingerprint density at radius 2 is 2.07 bits per heavy atom. The molecule has 0 bridgehead atoms. The van der Waals surface area contributed by atoms with Gasteiger partial charge in [-0.05, 0) is 44.6 Å². The van der Waals surface area contributed by atoms with E-state index >= 15 is 0 Å². The minimum absolute atomic E-state index is 0.0933. The number of aromatic nitrogens is 3. The first-order chi connectivity index (χ1) is 14.1. The molecule has 1 fully saturated rings. The van der Waals surface area contributed by atoms with E-state index in [1.165, 1.54) is 19.2 Å². The molecule has 0 saturated carbocycles. The average molecular weight is 399 g/mol. The quantitative estimate of drug-likeness (QED) is 0.696. The molecule has 3 heterocycles. The van der Waals surface area contributed by atoms with Gasteiger partial charge in [-0.2, -0.15) is 0 Å². The maximum absolute atomic E-state index is 13.1. The summed E-state index contributed by atoms with van der Waals surface area (Å²) in [5.74, 6) is 1.02. The summed E-state index contributed by atoms with van der Waals surface area (Å²) in [6, 6.07) is 6.49. The number of piperidine rings is 1. The van der Waals surface area contributed by atoms with E-state index in [0.717, 1.165) is 36.7 Å². The van der Waals surface area contributed by atoms with Crippen LogP contribution in [0, 0.1) is 0 Å². The third-order valence-corrected chi connectivity index (χ3v) is 5.28. The number of likely N-dealkylation sites (N-methyl/N-ethyl adjacent to an activating group) is 1. The molecule has 152 valence electrons. The Hall–Kier alpha value is -2.87. The predicted octanol–water partition coefficient (Wildman–Crippen LogP) is 4.14. The Morgan fingerprint density at radius 1 is 1.21 bits per heavy atom. The average Bonchev–Trinajstić information content (AvgIpc) is 2.73. The molecule has 0 unspecified atom stereocenters. The fraction of sp³-hybridized carbons (Fsp3) is 0.381. The molecule has 29 heavy (non-hydrogen) atoms. The number of ether oxygens (including phenoxy) is 1. The summed E-state index contributed by atoms with van der Waals surface area (Å²) in [7, 11) is 3.57. The van der Waals surface area contributed by atoms with Crippen LogP contribution in [-0.2, 0) is 0 Å². The van der Waals surface area contributed by atoms with Crippen molar-refractivity contribution in [2.45, 2.75) is 25.3 Å². The van der Waals surface area contributed by atoms with E-state index in [2.05, 4.69) is 32.4 Å². The van der Waals surface area contributed by atoms with Crippen LogP contribution in [0.1, 0.15) is 24.8 Å². The molecule has 2 aromatic heterocycles. The number of alkyl halides is 2. The molecule has 3 aromatic rings. The number of halogens is 2. The smallest absolute Gasteiger partial charge is 0.263 e. The highest BCUT2D eigenvalue weighted by Crippen LogP contribution is 2.37. The van der Waals surface area contributed by atoms with Gasteiger partial charge in [0.25, 0.3) is 6.43 Å². The van der Waals surface area contributed by atoms with Gasteiger partial charge in [0.2, 0.25) is 0 Å². The largest absolute Gasteiger partial charge is 0.496 e. The number of nitrogens with one attached hydrogen (secondary N) is 1. The number of pyridine rings is 1. The second-order valence-electron chi connectivity index (χ2n) is 7.32. The molecule has 1 N–H and O–H groups in total. The Kier molecular flexibility index (Phi) is 5.53. The summed E-state index contributed by atoms with van der Waals surface area (Å²) in [4.78, 5) is 6.54. The topological polar surface area (TPSA) is 63.2 Å². The first kappa shape index (κ1) is 19.4. The standard InChI is InChI=1S/C21H23F2N5O/c1-28-9-3-4-14(12-28)25-21-17-11-24-8-7-15(17)19(26-27-21)16-6-5-13(20(22)23)10-18(16)29-2/h5-8,10-11,14,20H,3-4,9,12H2,1-2H3,(H,25,27)/t14-/m1/s1. The Balaban J connectivity index is 1.76. The lowest BCUT2D eigenvalue weighted by Gasteiger charge is -2.30. The summed E-state index contributed by atoms with van der Waals surface area (Å²) in [6.45, 7) is 2.04. The number of hydrogen-bond donors (Lipinski definition) is 1. The highest BCUT2D eigenvalue weighted by Gasteiger charge is 2.21. The van der Waals surface area contributed by atoms with E-state index in [9.17, 15) is 8.78 Å². The second kappa shape index (κ2) is 8.24. The molecule has 4 rings (SSSR count). The number of nitrogens with zero attached hydrogens (tertiary/aromatic N) is 4. The summed E-state index contributed by atoms with van der Waals surface area (Å²) in [5.41, 5.74) is 1.10. The summed E-state index contributed by atoms with van der Waals surface area (Å²) in [6.07, 6.45) is 3.07. The number of anilines is 1. The van der Waals surface area contributed by atoms with E-state index in [4.69, 9.17) is 4.74 Å². The number of rotatable bonds is 5. The lowest BCUT2D eigenvalue weighted by molar-refractivity contribution is 0.151. The third kappa shape index (κ3) is 3.98. The summed E-state index contributed by atoms with van der Waals surface area (Å²) < 4.78 is 31.5. The van der Waals surface area contributed by atoms with Crippen LogP contribution in [0.25, 0.3) is 22.0 Å². The molecule has 1 aliphatic rings. The number of hydrogen-bond acceptors (Lipinski definition) is 6. The van der Waals surface area contributed by atoms with E-state index < -0.39 is 6.43 Å². The molecule has 0 amide bonds. The van der Waals surface area contributed by atoms with Crippen molar-refractivity contribution < 1.29 is 13.5 Å². The van der Waals surface area contributed by atoms with Crippen molar-refractivity contribution in [2.75, 3.05) is 32.6 Å². The lowest BCUT2D eigenvalue weighted by Crippen LogP contribution is -2.40. The number of likely N-dealkylation sites (tertiary alicyclic amines) is 1. The van der Waals surface area contributed by atoms with Crippen molar-refractivity contribution in [3.05, 3.63) is 42.2 Å². The van der Waals surface area contributed by atoms with Crippen LogP contribution in [-0.4, -0.2) is 53.4 Å². The fourth-order valence-corrected chi connectivity index (χ4v) is 3.82. The van der Waals surface area contributed by atoms with Gasteiger partial charge in [0, 0.05) is 46.9 Å². The lowest BCUT2D eigenvalue weighted by atomic mass is 10.0. The van der Waals surface area contributed by atoms with Crippen LogP contribution >= 0.6 is 0 Å². The van der Waals surface area contributed by atoms with Crippen molar-refractivity contribution in [1.82, 2.24) is 20.1 Å². The number of fused-ring (bicyclic) bond motifs is 1. The van der Waals surface area contributed by atoms with Gasteiger partial charge in [-0.25, -0.2) is 8.78 Å².